The van der Waals surface area contributed by atoms with E-state index in [2.05, 4.69) is 24.3 Å². The maximum absolute atomic E-state index is 14.2. The van der Waals surface area contributed by atoms with E-state index in [1.54, 1.807) is 12.1 Å². The van der Waals surface area contributed by atoms with E-state index < -0.39 is 0 Å². The largest absolute Gasteiger partial charge is 0.497 e. The van der Waals surface area contributed by atoms with Gasteiger partial charge in [0.05, 0.1) is 12.8 Å². The number of halogens is 1. The molecule has 0 radical (unpaired) electrons. The maximum atomic E-state index is 14.2. The second kappa shape index (κ2) is 6.72. The predicted molar refractivity (Wildman–Crippen MR) is 81.1 cm³/mol. The van der Waals surface area contributed by atoms with Gasteiger partial charge in [-0.1, -0.05) is 6.07 Å². The zero-order chi connectivity index (χ0) is 15.4. The normalized spacial score (nSPS) is 12.7. The molecular formula is C16H22FN3O. The molecule has 1 aromatic heterocycles. The first-order chi connectivity index (χ1) is 10.0. The van der Waals surface area contributed by atoms with E-state index in [1.807, 2.05) is 24.0 Å². The van der Waals surface area contributed by atoms with Crippen molar-refractivity contribution in [1.82, 2.24) is 15.1 Å². The summed E-state index contributed by atoms with van der Waals surface area (Å²) in [6.45, 7) is 4.16. The van der Waals surface area contributed by atoms with Gasteiger partial charge in [0.1, 0.15) is 11.6 Å². The van der Waals surface area contributed by atoms with Gasteiger partial charge >= 0.3 is 0 Å². The first-order valence-corrected chi connectivity index (χ1v) is 7.10. The lowest BCUT2D eigenvalue weighted by Crippen LogP contribution is -2.20. The molecule has 2 aromatic rings. The SMILES string of the molecule is CNC(Cc1ccn(C(C)C)n1)c1ccc(OC)cc1F. The molecule has 0 bridgehead atoms. The Bertz CT molecular complexity index is 595. The number of hydrogen-bond acceptors (Lipinski definition) is 3. The second-order valence-electron chi connectivity index (χ2n) is 5.31. The fourth-order valence-electron chi connectivity index (χ4n) is 2.27. The Hall–Kier alpha value is -1.88. The van der Waals surface area contributed by atoms with Gasteiger partial charge in [0.2, 0.25) is 0 Å². The van der Waals surface area contributed by atoms with Gasteiger partial charge < -0.3 is 10.1 Å². The van der Waals surface area contributed by atoms with Gasteiger partial charge in [0.25, 0.3) is 0 Å². The van der Waals surface area contributed by atoms with E-state index in [0.29, 0.717) is 23.8 Å². The average molecular weight is 291 g/mol. The van der Waals surface area contributed by atoms with Crippen molar-refractivity contribution in [3.05, 3.63) is 47.5 Å². The van der Waals surface area contributed by atoms with Gasteiger partial charge in [-0.3, -0.25) is 4.68 Å². The van der Waals surface area contributed by atoms with Gasteiger partial charge in [-0.2, -0.15) is 5.10 Å². The average Bonchev–Trinajstić information content (AvgIpc) is 2.94. The van der Waals surface area contributed by atoms with Crippen molar-refractivity contribution in [3.63, 3.8) is 0 Å². The van der Waals surface area contributed by atoms with Crippen molar-refractivity contribution in [2.24, 2.45) is 0 Å². The molecule has 1 N–H and O–H groups in total. The van der Waals surface area contributed by atoms with Gasteiger partial charge in [-0.25, -0.2) is 4.39 Å². The first-order valence-electron chi connectivity index (χ1n) is 7.10. The molecule has 0 spiro atoms. The van der Waals surface area contributed by atoms with E-state index in [0.717, 1.165) is 5.69 Å². The van der Waals surface area contributed by atoms with Crippen molar-refractivity contribution in [2.75, 3.05) is 14.2 Å². The molecule has 0 amide bonds. The highest BCUT2D eigenvalue weighted by Gasteiger charge is 2.17. The number of likely N-dealkylation sites (N-methyl/N-ethyl adjacent to an activating group) is 1. The minimum absolute atomic E-state index is 0.119. The Balaban J connectivity index is 2.19. The highest BCUT2D eigenvalue weighted by Crippen LogP contribution is 2.24. The number of rotatable bonds is 6. The van der Waals surface area contributed by atoms with Crippen molar-refractivity contribution in [1.29, 1.82) is 0 Å². The Kier molecular flexibility index (Phi) is 4.96. The monoisotopic (exact) mass is 291 g/mol. The highest BCUT2D eigenvalue weighted by molar-refractivity contribution is 5.31. The lowest BCUT2D eigenvalue weighted by molar-refractivity contribution is 0.409. The molecule has 114 valence electrons. The Morgan fingerprint density at radius 3 is 2.62 bits per heavy atom. The van der Waals surface area contributed by atoms with Gasteiger partial charge in [0, 0.05) is 36.3 Å². The fraction of sp³-hybridized carbons (Fsp3) is 0.438. The molecule has 0 saturated carbocycles. The van der Waals surface area contributed by atoms with E-state index in [1.165, 1.54) is 13.2 Å². The summed E-state index contributed by atoms with van der Waals surface area (Å²) in [6, 6.07) is 7.12. The van der Waals surface area contributed by atoms with Crippen molar-refractivity contribution < 1.29 is 9.13 Å². The summed E-state index contributed by atoms with van der Waals surface area (Å²) in [7, 11) is 3.36. The predicted octanol–water partition coefficient (Wildman–Crippen LogP) is 3.11. The molecule has 1 atom stereocenters. The number of ether oxygens (including phenoxy) is 1. The van der Waals surface area contributed by atoms with Crippen LogP contribution in [0.2, 0.25) is 0 Å². The molecule has 0 aliphatic carbocycles. The van der Waals surface area contributed by atoms with Crippen molar-refractivity contribution in [3.8, 4) is 5.75 Å². The summed E-state index contributed by atoms with van der Waals surface area (Å²) in [5.41, 5.74) is 1.57. The molecule has 4 nitrogen and oxygen atoms in total. The zero-order valence-electron chi connectivity index (χ0n) is 12.9. The van der Waals surface area contributed by atoms with Crippen LogP contribution in [0, 0.1) is 5.82 Å². The van der Waals surface area contributed by atoms with Crippen LogP contribution in [0.5, 0.6) is 5.75 Å². The summed E-state index contributed by atoms with van der Waals surface area (Å²) >= 11 is 0. The van der Waals surface area contributed by atoms with Crippen molar-refractivity contribution in [2.45, 2.75) is 32.4 Å². The molecule has 5 heteroatoms. The molecule has 21 heavy (non-hydrogen) atoms. The van der Waals surface area contributed by atoms with Crippen LogP contribution in [-0.4, -0.2) is 23.9 Å². The molecule has 1 aromatic carbocycles. The van der Waals surface area contributed by atoms with E-state index in [-0.39, 0.29) is 11.9 Å². The second-order valence-corrected chi connectivity index (χ2v) is 5.31. The summed E-state index contributed by atoms with van der Waals surface area (Å²) in [4.78, 5) is 0. The molecule has 1 unspecified atom stereocenters. The molecular weight excluding hydrogens is 269 g/mol. The van der Waals surface area contributed by atoms with Crippen LogP contribution in [0.15, 0.2) is 30.5 Å². The molecule has 0 saturated heterocycles. The first kappa shape index (κ1) is 15.5. The fourth-order valence-corrected chi connectivity index (χ4v) is 2.27. The van der Waals surface area contributed by atoms with Gasteiger partial charge in [-0.15, -0.1) is 0 Å². The molecule has 1 heterocycles. The lowest BCUT2D eigenvalue weighted by atomic mass is 10.0. The Labute approximate surface area is 124 Å². The Morgan fingerprint density at radius 2 is 2.10 bits per heavy atom. The van der Waals surface area contributed by atoms with Crippen LogP contribution in [0.3, 0.4) is 0 Å². The standard InChI is InChI=1S/C16H22FN3O/c1-11(2)20-8-7-12(19-20)9-16(18-3)14-6-5-13(21-4)10-15(14)17/h5-8,10-11,16,18H,9H2,1-4H3. The molecule has 2 rings (SSSR count). The Morgan fingerprint density at radius 1 is 1.33 bits per heavy atom. The van der Waals surface area contributed by atoms with Crippen molar-refractivity contribution >= 4 is 0 Å². The number of nitrogens with one attached hydrogen (secondary N) is 1. The maximum Gasteiger partial charge on any atom is 0.131 e. The van der Waals surface area contributed by atoms with Gasteiger partial charge in [0.15, 0.2) is 0 Å². The molecule has 0 aliphatic heterocycles. The van der Waals surface area contributed by atoms with Crippen LogP contribution in [0.1, 0.15) is 37.2 Å². The molecule has 0 fully saturated rings. The van der Waals surface area contributed by atoms with Crippen LogP contribution in [0.4, 0.5) is 4.39 Å². The third kappa shape index (κ3) is 3.61. The number of nitrogens with zero attached hydrogens (tertiary/aromatic N) is 2. The quantitative estimate of drug-likeness (QED) is 0.889. The topological polar surface area (TPSA) is 39.1 Å². The third-order valence-electron chi connectivity index (χ3n) is 3.54. The number of aromatic nitrogens is 2. The summed E-state index contributed by atoms with van der Waals surface area (Å²) in [5.74, 6) is 0.257. The van der Waals surface area contributed by atoms with Crippen LogP contribution >= 0.6 is 0 Å². The van der Waals surface area contributed by atoms with Crippen LogP contribution < -0.4 is 10.1 Å². The number of benzene rings is 1. The number of methoxy groups -OCH3 is 1. The minimum atomic E-state index is -0.267. The van der Waals surface area contributed by atoms with Crippen LogP contribution in [0.25, 0.3) is 0 Å². The minimum Gasteiger partial charge on any atom is -0.497 e. The summed E-state index contributed by atoms with van der Waals surface area (Å²) in [5, 5.41) is 7.67. The van der Waals surface area contributed by atoms with E-state index >= 15 is 0 Å². The smallest absolute Gasteiger partial charge is 0.131 e. The molecule has 0 aliphatic rings. The highest BCUT2D eigenvalue weighted by atomic mass is 19.1. The third-order valence-corrected chi connectivity index (χ3v) is 3.54. The van der Waals surface area contributed by atoms with E-state index in [9.17, 15) is 4.39 Å². The summed E-state index contributed by atoms with van der Waals surface area (Å²) < 4.78 is 21.1. The lowest BCUT2D eigenvalue weighted by Gasteiger charge is -2.17. The summed E-state index contributed by atoms with van der Waals surface area (Å²) in [6.07, 6.45) is 2.59. The number of hydrogen-bond donors (Lipinski definition) is 1. The van der Waals surface area contributed by atoms with E-state index in [4.69, 9.17) is 4.74 Å². The van der Waals surface area contributed by atoms with Gasteiger partial charge in [-0.05, 0) is 33.0 Å². The zero-order valence-corrected chi connectivity index (χ0v) is 12.9. The van der Waals surface area contributed by atoms with Crippen LogP contribution in [-0.2, 0) is 6.42 Å².